The molecule has 1 unspecified atom stereocenters. The second-order valence-electron chi connectivity index (χ2n) is 7.97. The van der Waals surface area contributed by atoms with Gasteiger partial charge in [-0.05, 0) is 32.8 Å². The number of carbonyl (C=O) groups excluding carboxylic acids is 2. The molecule has 1 fully saturated rings. The number of aliphatic hydroxyl groups is 2. The predicted octanol–water partition coefficient (Wildman–Crippen LogP) is -0.306. The molecule has 3 N–H and O–H groups in total. The summed E-state index contributed by atoms with van der Waals surface area (Å²) < 4.78 is 35.8. The number of nitrogens with zero attached hydrogens (tertiary/aromatic N) is 1. The first-order chi connectivity index (χ1) is 14.2. The topological polar surface area (TPSA) is 148 Å². The van der Waals surface area contributed by atoms with Gasteiger partial charge in [-0.15, -0.1) is 13.2 Å². The number of esters is 1. The number of ketones is 1. The lowest BCUT2D eigenvalue weighted by Crippen LogP contribution is -2.40. The van der Waals surface area contributed by atoms with Gasteiger partial charge in [-0.3, -0.25) is 19.1 Å². The van der Waals surface area contributed by atoms with Crippen molar-refractivity contribution >= 4 is 24.9 Å². The fourth-order valence-corrected chi connectivity index (χ4v) is 4.04. The molecule has 1 saturated heterocycles. The SMILES string of the molecule is C=P(C)(C)CC[C@H]1O[C@@H](n2cc(C(OC(=O)C(F)F)C(C)=O)c(=O)[nH]c2=O)[C@H](O)[C@@H]1O. The lowest BCUT2D eigenvalue weighted by Gasteiger charge is -2.20. The summed E-state index contributed by atoms with van der Waals surface area (Å²) in [5.74, 6) is -2.97. The van der Waals surface area contributed by atoms with Gasteiger partial charge in [0, 0.05) is 6.20 Å². The normalized spacial score (nSPS) is 24.9. The summed E-state index contributed by atoms with van der Waals surface area (Å²) in [7, 11) is 0. The number of aliphatic hydroxyl groups excluding tert-OH is 2. The molecule has 1 aromatic heterocycles. The van der Waals surface area contributed by atoms with Crippen LogP contribution in [0.2, 0.25) is 0 Å². The number of hydrogen-bond donors (Lipinski definition) is 3. The van der Waals surface area contributed by atoms with Crippen LogP contribution in [-0.2, 0) is 19.1 Å². The van der Waals surface area contributed by atoms with Crippen LogP contribution in [-0.4, -0.2) is 82.0 Å². The molecule has 2 rings (SSSR count). The van der Waals surface area contributed by atoms with Gasteiger partial charge >= 0.3 is 18.1 Å². The molecule has 0 radical (unpaired) electrons. The van der Waals surface area contributed by atoms with E-state index in [1.807, 2.05) is 18.3 Å². The molecule has 2 heterocycles. The third-order valence-corrected chi connectivity index (χ3v) is 6.16. The highest BCUT2D eigenvalue weighted by Gasteiger charge is 2.44. The molecule has 5 atom stereocenters. The average molecular weight is 466 g/mol. The van der Waals surface area contributed by atoms with Crippen LogP contribution in [0.3, 0.4) is 0 Å². The van der Waals surface area contributed by atoms with E-state index in [-0.39, 0.29) is 0 Å². The Labute approximate surface area is 175 Å². The largest absolute Gasteiger partial charge is 0.445 e. The highest BCUT2D eigenvalue weighted by Crippen LogP contribution is 2.39. The van der Waals surface area contributed by atoms with E-state index in [1.165, 1.54) is 0 Å². The molecule has 174 valence electrons. The van der Waals surface area contributed by atoms with Crippen molar-refractivity contribution in [2.75, 3.05) is 19.5 Å². The smallest absolute Gasteiger partial charge is 0.374 e. The van der Waals surface area contributed by atoms with Crippen LogP contribution in [0.5, 0.6) is 0 Å². The Hall–Kier alpha value is -2.14. The van der Waals surface area contributed by atoms with Gasteiger partial charge in [-0.25, -0.2) is 9.59 Å². The lowest BCUT2D eigenvalue weighted by molar-refractivity contribution is -0.166. The predicted molar refractivity (Wildman–Crippen MR) is 108 cm³/mol. The van der Waals surface area contributed by atoms with Crippen LogP contribution in [0.15, 0.2) is 15.8 Å². The Morgan fingerprint density at radius 1 is 1.32 bits per heavy atom. The number of rotatable bonds is 8. The van der Waals surface area contributed by atoms with E-state index in [2.05, 4.69) is 11.0 Å². The molecule has 0 bridgehead atoms. The molecule has 10 nitrogen and oxygen atoms in total. The molecule has 1 aliphatic rings. The van der Waals surface area contributed by atoms with E-state index < -0.39 is 72.5 Å². The molecule has 0 spiro atoms. The van der Waals surface area contributed by atoms with Crippen molar-refractivity contribution in [3.63, 3.8) is 0 Å². The number of ether oxygens (including phenoxy) is 2. The molecular formula is C18H25F2N2O8P. The number of halogens is 2. The van der Waals surface area contributed by atoms with Gasteiger partial charge in [-0.2, -0.15) is 8.78 Å². The summed E-state index contributed by atoms with van der Waals surface area (Å²) in [4.78, 5) is 49.4. The van der Waals surface area contributed by atoms with Gasteiger partial charge in [0.1, 0.15) is 12.2 Å². The highest BCUT2D eigenvalue weighted by molar-refractivity contribution is 7.72. The molecule has 1 aromatic rings. The van der Waals surface area contributed by atoms with Crippen molar-refractivity contribution in [3.05, 3.63) is 32.6 Å². The third kappa shape index (κ3) is 5.97. The van der Waals surface area contributed by atoms with Crippen molar-refractivity contribution in [1.29, 1.82) is 0 Å². The van der Waals surface area contributed by atoms with Crippen molar-refractivity contribution in [2.24, 2.45) is 0 Å². The minimum Gasteiger partial charge on any atom is -0.445 e. The fourth-order valence-electron chi connectivity index (χ4n) is 3.08. The number of carbonyl (C=O) groups is 2. The molecule has 13 heteroatoms. The van der Waals surface area contributed by atoms with E-state index in [1.54, 1.807) is 0 Å². The van der Waals surface area contributed by atoms with Gasteiger partial charge in [0.15, 0.2) is 18.1 Å². The Morgan fingerprint density at radius 3 is 2.45 bits per heavy atom. The number of aromatic amines is 1. The van der Waals surface area contributed by atoms with Crippen LogP contribution in [0, 0.1) is 0 Å². The van der Waals surface area contributed by atoms with E-state index in [0.29, 0.717) is 17.1 Å². The summed E-state index contributed by atoms with van der Waals surface area (Å²) in [6.07, 6.45) is -4.90. The van der Waals surface area contributed by atoms with Crippen molar-refractivity contribution in [3.8, 4) is 0 Å². The monoisotopic (exact) mass is 466 g/mol. The van der Waals surface area contributed by atoms with Crippen LogP contribution in [0.1, 0.15) is 31.2 Å². The number of H-pyrrole nitrogens is 1. The van der Waals surface area contributed by atoms with Crippen LogP contribution in [0.4, 0.5) is 8.78 Å². The zero-order chi connectivity index (χ0) is 23.7. The van der Waals surface area contributed by atoms with Crippen LogP contribution in [0.25, 0.3) is 0 Å². The molecule has 0 saturated carbocycles. The van der Waals surface area contributed by atoms with E-state index in [0.717, 1.165) is 13.1 Å². The number of hydrogen-bond acceptors (Lipinski definition) is 8. The van der Waals surface area contributed by atoms with Crippen LogP contribution >= 0.6 is 6.89 Å². The number of aromatic nitrogens is 2. The zero-order valence-electron chi connectivity index (χ0n) is 17.2. The van der Waals surface area contributed by atoms with Crippen molar-refractivity contribution < 1.29 is 38.1 Å². The Bertz CT molecular complexity index is 1000. The first-order valence-corrected chi connectivity index (χ1v) is 12.3. The van der Waals surface area contributed by atoms with E-state index in [4.69, 9.17) is 4.74 Å². The standard InChI is InChI=1S/C18H25F2N2O8P/c1-8(23)13(30-17(27)14(19)20)9-7-22(18(28)21-15(9)26)16-12(25)11(24)10(29-16)5-6-31(2,3)4/h7,10-14,16,24-25H,2,5-6H2,1,3-4H3,(H,21,26,28)/t10-,11-,12-,13?,16-/m1/s1. The first kappa shape index (κ1) is 25.1. The maximum atomic E-state index is 12.5. The van der Waals surface area contributed by atoms with Gasteiger partial charge < -0.3 is 19.7 Å². The summed E-state index contributed by atoms with van der Waals surface area (Å²) in [6, 6.07) is 0. The van der Waals surface area contributed by atoms with Gasteiger partial charge in [-0.1, -0.05) is 0 Å². The fraction of sp³-hybridized carbons (Fsp3) is 0.611. The second-order valence-corrected chi connectivity index (χ2v) is 12.3. The highest BCUT2D eigenvalue weighted by atomic mass is 31.2. The van der Waals surface area contributed by atoms with E-state index in [9.17, 15) is 38.2 Å². The average Bonchev–Trinajstić information content (AvgIpc) is 2.92. The summed E-state index contributed by atoms with van der Waals surface area (Å²) in [5, 5.41) is 20.7. The molecule has 0 aromatic carbocycles. The maximum Gasteiger partial charge on any atom is 0.374 e. The number of nitrogens with one attached hydrogen (secondary N) is 1. The van der Waals surface area contributed by atoms with Gasteiger partial charge in [0.05, 0.1) is 11.7 Å². The Morgan fingerprint density at radius 2 is 1.94 bits per heavy atom. The quantitative estimate of drug-likeness (QED) is 0.349. The molecular weight excluding hydrogens is 441 g/mol. The molecule has 0 aliphatic carbocycles. The first-order valence-electron chi connectivity index (χ1n) is 9.26. The van der Waals surface area contributed by atoms with E-state index >= 15 is 0 Å². The van der Waals surface area contributed by atoms with Crippen LogP contribution < -0.4 is 11.2 Å². The summed E-state index contributed by atoms with van der Waals surface area (Å²) in [5.41, 5.74) is -2.80. The van der Waals surface area contributed by atoms with Gasteiger partial charge in [0.2, 0.25) is 0 Å². The van der Waals surface area contributed by atoms with Crippen molar-refractivity contribution in [2.45, 2.75) is 50.4 Å². The summed E-state index contributed by atoms with van der Waals surface area (Å²) >= 11 is 0. The number of alkyl halides is 2. The minimum absolute atomic E-state index is 0.353. The Kier molecular flexibility index (Phi) is 7.75. The third-order valence-electron chi connectivity index (χ3n) is 4.69. The second kappa shape index (κ2) is 9.56. The van der Waals surface area contributed by atoms with Crippen molar-refractivity contribution in [1.82, 2.24) is 9.55 Å². The van der Waals surface area contributed by atoms with Gasteiger partial charge in [0.25, 0.3) is 5.56 Å². The minimum atomic E-state index is -3.54. The number of Topliss-reactive ketones (excluding diaryl/α,β-unsaturated/α-hetero) is 1. The lowest BCUT2D eigenvalue weighted by atomic mass is 10.1. The summed E-state index contributed by atoms with van der Waals surface area (Å²) in [6.45, 7) is 3.39. The zero-order valence-corrected chi connectivity index (χ0v) is 18.1. The molecule has 31 heavy (non-hydrogen) atoms. The molecule has 0 amide bonds. The Balaban J connectivity index is 2.41. The molecule has 1 aliphatic heterocycles. The maximum absolute atomic E-state index is 12.5.